The molecule has 2 rings (SSSR count). The van der Waals surface area contributed by atoms with Gasteiger partial charge in [0.05, 0.1) is 12.7 Å². The molecule has 0 bridgehead atoms. The van der Waals surface area contributed by atoms with Crippen LogP contribution in [0.15, 0.2) is 30.5 Å². The lowest BCUT2D eigenvalue weighted by Gasteiger charge is -2.06. The molecular formula is C14H12N2O4. The molecule has 0 spiro atoms. The molecule has 6 heteroatoms. The van der Waals surface area contributed by atoms with Gasteiger partial charge in [0, 0.05) is 11.8 Å². The fourth-order valence-corrected chi connectivity index (χ4v) is 1.70. The Morgan fingerprint density at radius 3 is 2.40 bits per heavy atom. The van der Waals surface area contributed by atoms with Crippen LogP contribution >= 0.6 is 0 Å². The number of ether oxygens (including phenoxy) is 1. The molecule has 0 atom stereocenters. The number of nitrogens with zero attached hydrogens (tertiary/aromatic N) is 2. The normalized spacial score (nSPS) is 10.1. The summed E-state index contributed by atoms with van der Waals surface area (Å²) in [6, 6.07) is 6.38. The highest BCUT2D eigenvalue weighted by Crippen LogP contribution is 2.16. The highest BCUT2D eigenvalue weighted by Gasteiger charge is 2.20. The van der Waals surface area contributed by atoms with Crippen LogP contribution in [0, 0.1) is 6.92 Å². The molecule has 0 aliphatic carbocycles. The van der Waals surface area contributed by atoms with E-state index in [1.807, 2.05) is 0 Å². The van der Waals surface area contributed by atoms with Crippen LogP contribution < -0.4 is 4.74 Å². The van der Waals surface area contributed by atoms with Crippen molar-refractivity contribution in [1.82, 2.24) is 9.97 Å². The number of ketones is 1. The predicted octanol–water partition coefficient (Wildman–Crippen LogP) is 1.72. The molecule has 1 aromatic carbocycles. The van der Waals surface area contributed by atoms with Gasteiger partial charge in [0.15, 0.2) is 11.5 Å². The van der Waals surface area contributed by atoms with E-state index in [1.54, 1.807) is 31.2 Å². The summed E-state index contributed by atoms with van der Waals surface area (Å²) >= 11 is 0. The number of carbonyl (C=O) groups excluding carboxylic acids is 1. The second-order valence-corrected chi connectivity index (χ2v) is 4.04. The summed E-state index contributed by atoms with van der Waals surface area (Å²) in [6.07, 6.45) is 1.23. The maximum Gasteiger partial charge on any atom is 0.355 e. The zero-order valence-corrected chi connectivity index (χ0v) is 11.0. The minimum Gasteiger partial charge on any atom is -0.497 e. The Balaban J connectivity index is 2.44. The van der Waals surface area contributed by atoms with Crippen LogP contribution in [0.4, 0.5) is 0 Å². The molecule has 1 aromatic heterocycles. The van der Waals surface area contributed by atoms with E-state index in [0.717, 1.165) is 0 Å². The number of aromatic carboxylic acids is 1. The maximum absolute atomic E-state index is 12.3. The van der Waals surface area contributed by atoms with Gasteiger partial charge in [-0.05, 0) is 31.2 Å². The van der Waals surface area contributed by atoms with Crippen LogP contribution in [-0.4, -0.2) is 33.9 Å². The van der Waals surface area contributed by atoms with Gasteiger partial charge in [-0.25, -0.2) is 14.8 Å². The lowest BCUT2D eigenvalue weighted by atomic mass is 10.0. The molecule has 20 heavy (non-hydrogen) atoms. The molecule has 0 amide bonds. The first-order valence-corrected chi connectivity index (χ1v) is 5.78. The first-order chi connectivity index (χ1) is 9.52. The third-order valence-corrected chi connectivity index (χ3v) is 2.71. The van der Waals surface area contributed by atoms with Crippen molar-refractivity contribution >= 4 is 11.8 Å². The number of carbonyl (C=O) groups is 2. The van der Waals surface area contributed by atoms with Gasteiger partial charge < -0.3 is 9.84 Å². The van der Waals surface area contributed by atoms with Crippen molar-refractivity contribution in [1.29, 1.82) is 0 Å². The summed E-state index contributed by atoms with van der Waals surface area (Å²) in [5.41, 5.74) is 0.0207. The second-order valence-electron chi connectivity index (χ2n) is 4.04. The molecule has 0 radical (unpaired) electrons. The quantitative estimate of drug-likeness (QED) is 0.852. The van der Waals surface area contributed by atoms with E-state index in [4.69, 9.17) is 9.84 Å². The van der Waals surface area contributed by atoms with Crippen molar-refractivity contribution < 1.29 is 19.4 Å². The smallest absolute Gasteiger partial charge is 0.355 e. The SMILES string of the molecule is COc1ccc(C(=O)c2cnc(C)nc2C(=O)O)cc1. The zero-order chi connectivity index (χ0) is 14.7. The van der Waals surface area contributed by atoms with Crippen molar-refractivity contribution in [3.63, 3.8) is 0 Å². The van der Waals surface area contributed by atoms with Crippen molar-refractivity contribution in [3.8, 4) is 5.75 Å². The van der Waals surface area contributed by atoms with Gasteiger partial charge in [-0.15, -0.1) is 0 Å². The number of methoxy groups -OCH3 is 1. The van der Waals surface area contributed by atoms with Crippen LogP contribution in [-0.2, 0) is 0 Å². The molecule has 0 unspecified atom stereocenters. The minimum absolute atomic E-state index is 0.0340. The lowest BCUT2D eigenvalue weighted by molar-refractivity contribution is 0.0685. The summed E-state index contributed by atoms with van der Waals surface area (Å²) < 4.78 is 5.00. The van der Waals surface area contributed by atoms with E-state index in [2.05, 4.69) is 9.97 Å². The van der Waals surface area contributed by atoms with Gasteiger partial charge in [-0.2, -0.15) is 0 Å². The molecule has 1 heterocycles. The number of benzene rings is 1. The summed E-state index contributed by atoms with van der Waals surface area (Å²) in [7, 11) is 1.52. The van der Waals surface area contributed by atoms with Crippen molar-refractivity contribution in [3.05, 3.63) is 53.1 Å². The van der Waals surface area contributed by atoms with Crippen LogP contribution in [0.25, 0.3) is 0 Å². The summed E-state index contributed by atoms with van der Waals surface area (Å²) in [4.78, 5) is 31.1. The first kappa shape index (κ1) is 13.7. The van der Waals surface area contributed by atoms with Gasteiger partial charge in [0.1, 0.15) is 11.6 Å². The predicted molar refractivity (Wildman–Crippen MR) is 70.2 cm³/mol. The topological polar surface area (TPSA) is 89.4 Å². The Kier molecular flexibility index (Phi) is 3.74. The highest BCUT2D eigenvalue weighted by atomic mass is 16.5. The van der Waals surface area contributed by atoms with E-state index < -0.39 is 11.8 Å². The molecule has 2 aromatic rings. The van der Waals surface area contributed by atoms with Crippen molar-refractivity contribution in [2.24, 2.45) is 0 Å². The number of aryl methyl sites for hydroxylation is 1. The van der Waals surface area contributed by atoms with Crippen molar-refractivity contribution in [2.45, 2.75) is 6.92 Å². The molecule has 6 nitrogen and oxygen atoms in total. The number of hydrogen-bond acceptors (Lipinski definition) is 5. The largest absolute Gasteiger partial charge is 0.497 e. The lowest BCUT2D eigenvalue weighted by Crippen LogP contribution is -2.13. The Hall–Kier alpha value is -2.76. The average molecular weight is 272 g/mol. The number of carboxylic acid groups (broad SMARTS) is 1. The van der Waals surface area contributed by atoms with Crippen LogP contribution in [0.1, 0.15) is 32.2 Å². The molecule has 0 aliphatic heterocycles. The minimum atomic E-state index is -1.26. The van der Waals surface area contributed by atoms with E-state index in [9.17, 15) is 9.59 Å². The molecule has 0 saturated heterocycles. The number of carboxylic acids is 1. The monoisotopic (exact) mass is 272 g/mol. The molecule has 102 valence electrons. The van der Waals surface area contributed by atoms with E-state index in [-0.39, 0.29) is 11.3 Å². The van der Waals surface area contributed by atoms with E-state index in [1.165, 1.54) is 13.3 Å². The Morgan fingerprint density at radius 1 is 1.20 bits per heavy atom. The fourth-order valence-electron chi connectivity index (χ4n) is 1.70. The first-order valence-electron chi connectivity index (χ1n) is 5.78. The number of aromatic nitrogens is 2. The summed E-state index contributed by atoms with van der Waals surface area (Å²) in [5, 5.41) is 9.11. The molecular weight excluding hydrogens is 260 g/mol. The van der Waals surface area contributed by atoms with Crippen LogP contribution in [0.2, 0.25) is 0 Å². The van der Waals surface area contributed by atoms with Gasteiger partial charge in [0.2, 0.25) is 0 Å². The van der Waals surface area contributed by atoms with Crippen LogP contribution in [0.3, 0.4) is 0 Å². The maximum atomic E-state index is 12.3. The molecule has 0 fully saturated rings. The van der Waals surface area contributed by atoms with Gasteiger partial charge >= 0.3 is 5.97 Å². The van der Waals surface area contributed by atoms with Crippen LogP contribution in [0.5, 0.6) is 5.75 Å². The van der Waals surface area contributed by atoms with E-state index >= 15 is 0 Å². The molecule has 0 aliphatic rings. The van der Waals surface area contributed by atoms with Crippen molar-refractivity contribution in [2.75, 3.05) is 7.11 Å². The number of hydrogen-bond donors (Lipinski definition) is 1. The average Bonchev–Trinajstić information content (AvgIpc) is 2.46. The Bertz CT molecular complexity index is 665. The molecule has 1 N–H and O–H groups in total. The third-order valence-electron chi connectivity index (χ3n) is 2.71. The van der Waals surface area contributed by atoms with Gasteiger partial charge in [-0.3, -0.25) is 4.79 Å². The second kappa shape index (κ2) is 5.48. The highest BCUT2D eigenvalue weighted by molar-refractivity contribution is 6.13. The van der Waals surface area contributed by atoms with Gasteiger partial charge in [0.25, 0.3) is 0 Å². The molecule has 0 saturated carbocycles. The summed E-state index contributed by atoms with van der Waals surface area (Å²) in [6.45, 7) is 1.56. The van der Waals surface area contributed by atoms with E-state index in [0.29, 0.717) is 17.1 Å². The third kappa shape index (κ3) is 2.64. The fraction of sp³-hybridized carbons (Fsp3) is 0.143. The number of rotatable bonds is 4. The zero-order valence-electron chi connectivity index (χ0n) is 11.0. The Morgan fingerprint density at radius 2 is 1.85 bits per heavy atom. The van der Waals surface area contributed by atoms with Gasteiger partial charge in [-0.1, -0.05) is 0 Å². The Labute approximate surface area is 115 Å². The summed E-state index contributed by atoms with van der Waals surface area (Å²) in [5.74, 6) is -0.786. The standard InChI is InChI=1S/C14H12N2O4/c1-8-15-7-11(12(16-8)14(18)19)13(17)9-3-5-10(20-2)6-4-9/h3-7H,1-2H3,(H,18,19).